The Balaban J connectivity index is 2.64. The monoisotopic (exact) mass is 152 g/mol. The molecule has 3 nitrogen and oxygen atoms in total. The minimum Gasteiger partial charge on any atom is -0.330 e. The van der Waals surface area contributed by atoms with Crippen molar-refractivity contribution in [2.24, 2.45) is 5.73 Å². The molecule has 60 valence electrons. The second-order valence-electron chi connectivity index (χ2n) is 2.43. The summed E-state index contributed by atoms with van der Waals surface area (Å²) in [5, 5.41) is 0. The van der Waals surface area contributed by atoms with Crippen molar-refractivity contribution in [2.75, 3.05) is 6.54 Å². The van der Waals surface area contributed by atoms with Crippen LogP contribution in [0.15, 0.2) is 23.0 Å². The fourth-order valence-corrected chi connectivity index (χ4v) is 0.932. The molecule has 3 N–H and O–H groups in total. The van der Waals surface area contributed by atoms with Gasteiger partial charge in [0.05, 0.1) is 0 Å². The minimum absolute atomic E-state index is 0.0421. The maximum absolute atomic E-state index is 10.8. The van der Waals surface area contributed by atoms with Crippen LogP contribution in [-0.4, -0.2) is 11.5 Å². The highest BCUT2D eigenvalue weighted by molar-refractivity contribution is 5.03. The SMILES string of the molecule is NCCCc1cccc(=O)[nH]1. The van der Waals surface area contributed by atoms with Crippen molar-refractivity contribution in [3.8, 4) is 0 Å². The molecule has 0 saturated carbocycles. The van der Waals surface area contributed by atoms with E-state index in [0.29, 0.717) is 6.54 Å². The third-order valence-corrected chi connectivity index (χ3v) is 1.48. The fourth-order valence-electron chi connectivity index (χ4n) is 0.932. The van der Waals surface area contributed by atoms with Gasteiger partial charge < -0.3 is 10.7 Å². The molecule has 0 aromatic carbocycles. The number of aryl methyl sites for hydroxylation is 1. The highest BCUT2D eigenvalue weighted by atomic mass is 16.1. The van der Waals surface area contributed by atoms with Crippen molar-refractivity contribution >= 4 is 0 Å². The van der Waals surface area contributed by atoms with Crippen LogP contribution in [0, 0.1) is 0 Å². The number of rotatable bonds is 3. The minimum atomic E-state index is -0.0421. The van der Waals surface area contributed by atoms with Crippen molar-refractivity contribution in [1.82, 2.24) is 4.98 Å². The third-order valence-electron chi connectivity index (χ3n) is 1.48. The van der Waals surface area contributed by atoms with Gasteiger partial charge >= 0.3 is 0 Å². The maximum Gasteiger partial charge on any atom is 0.248 e. The first kappa shape index (κ1) is 8.01. The molecule has 0 saturated heterocycles. The van der Waals surface area contributed by atoms with Gasteiger partial charge in [0.15, 0.2) is 0 Å². The lowest BCUT2D eigenvalue weighted by atomic mass is 10.2. The van der Waals surface area contributed by atoms with E-state index in [4.69, 9.17) is 5.73 Å². The molecule has 11 heavy (non-hydrogen) atoms. The van der Waals surface area contributed by atoms with Gasteiger partial charge in [-0.15, -0.1) is 0 Å². The summed E-state index contributed by atoms with van der Waals surface area (Å²) < 4.78 is 0. The number of nitrogens with one attached hydrogen (secondary N) is 1. The number of pyridine rings is 1. The Hall–Kier alpha value is -1.09. The molecular weight excluding hydrogens is 140 g/mol. The molecule has 0 amide bonds. The summed E-state index contributed by atoms with van der Waals surface area (Å²) in [6.45, 7) is 0.664. The number of hydrogen-bond acceptors (Lipinski definition) is 2. The van der Waals surface area contributed by atoms with Gasteiger partial charge in [-0.25, -0.2) is 0 Å². The lowest BCUT2D eigenvalue weighted by molar-refractivity contribution is 0.806. The van der Waals surface area contributed by atoms with Gasteiger partial charge in [0.25, 0.3) is 0 Å². The summed E-state index contributed by atoms with van der Waals surface area (Å²) >= 11 is 0. The van der Waals surface area contributed by atoms with E-state index in [-0.39, 0.29) is 5.56 Å². The Labute approximate surface area is 65.2 Å². The molecule has 0 spiro atoms. The first-order valence-electron chi connectivity index (χ1n) is 3.71. The molecule has 3 heteroatoms. The lowest BCUT2D eigenvalue weighted by Gasteiger charge is -1.96. The van der Waals surface area contributed by atoms with Crippen molar-refractivity contribution in [2.45, 2.75) is 12.8 Å². The molecule has 1 aromatic heterocycles. The van der Waals surface area contributed by atoms with Crippen LogP contribution in [0.3, 0.4) is 0 Å². The standard InChI is InChI=1S/C8H12N2O/c9-6-2-4-7-3-1-5-8(11)10-7/h1,3,5H,2,4,6,9H2,(H,10,11). The molecular formula is C8H12N2O. The second-order valence-corrected chi connectivity index (χ2v) is 2.43. The number of aromatic nitrogens is 1. The van der Waals surface area contributed by atoms with Crippen molar-refractivity contribution < 1.29 is 0 Å². The topological polar surface area (TPSA) is 58.9 Å². The molecule has 1 heterocycles. The first-order chi connectivity index (χ1) is 5.33. The molecule has 1 rings (SSSR count). The normalized spacial score (nSPS) is 9.91. The number of aromatic amines is 1. The van der Waals surface area contributed by atoms with Gasteiger partial charge in [0.1, 0.15) is 0 Å². The zero-order valence-electron chi connectivity index (χ0n) is 6.34. The van der Waals surface area contributed by atoms with E-state index in [1.54, 1.807) is 6.07 Å². The van der Waals surface area contributed by atoms with Gasteiger partial charge in [-0.1, -0.05) is 6.07 Å². The highest BCUT2D eigenvalue weighted by Gasteiger charge is 1.90. The first-order valence-corrected chi connectivity index (χ1v) is 3.71. The van der Waals surface area contributed by atoms with Crippen molar-refractivity contribution in [3.63, 3.8) is 0 Å². The molecule has 1 aromatic rings. The molecule has 0 aliphatic rings. The second kappa shape index (κ2) is 3.93. The third kappa shape index (κ3) is 2.55. The summed E-state index contributed by atoms with van der Waals surface area (Å²) in [5.74, 6) is 0. The summed E-state index contributed by atoms with van der Waals surface area (Å²) in [4.78, 5) is 13.5. The number of hydrogen-bond donors (Lipinski definition) is 2. The van der Waals surface area contributed by atoms with Crippen LogP contribution in [0.25, 0.3) is 0 Å². The molecule has 0 bridgehead atoms. The average molecular weight is 152 g/mol. The summed E-state index contributed by atoms with van der Waals surface area (Å²) in [5.41, 5.74) is 6.24. The Morgan fingerprint density at radius 2 is 2.27 bits per heavy atom. The van der Waals surface area contributed by atoms with Gasteiger partial charge in [0, 0.05) is 11.8 Å². The van der Waals surface area contributed by atoms with E-state index in [9.17, 15) is 4.79 Å². The van der Waals surface area contributed by atoms with Gasteiger partial charge in [-0.05, 0) is 25.5 Å². The quantitative estimate of drug-likeness (QED) is 0.653. The van der Waals surface area contributed by atoms with Crippen LogP contribution in [0.2, 0.25) is 0 Å². The van der Waals surface area contributed by atoms with Crippen LogP contribution in [0.5, 0.6) is 0 Å². The molecule has 0 radical (unpaired) electrons. The van der Waals surface area contributed by atoms with E-state index in [1.165, 1.54) is 6.07 Å². The average Bonchev–Trinajstić information content (AvgIpc) is 2.01. The fraction of sp³-hybridized carbons (Fsp3) is 0.375. The van der Waals surface area contributed by atoms with E-state index in [0.717, 1.165) is 18.5 Å². The van der Waals surface area contributed by atoms with Crippen LogP contribution in [-0.2, 0) is 6.42 Å². The zero-order chi connectivity index (χ0) is 8.10. The van der Waals surface area contributed by atoms with Crippen LogP contribution < -0.4 is 11.3 Å². The van der Waals surface area contributed by atoms with Crippen molar-refractivity contribution in [3.05, 3.63) is 34.2 Å². The maximum atomic E-state index is 10.8. The van der Waals surface area contributed by atoms with Crippen LogP contribution in [0.4, 0.5) is 0 Å². The largest absolute Gasteiger partial charge is 0.330 e. The highest BCUT2D eigenvalue weighted by Crippen LogP contribution is 1.93. The number of H-pyrrole nitrogens is 1. The van der Waals surface area contributed by atoms with Crippen LogP contribution in [0.1, 0.15) is 12.1 Å². The summed E-state index contributed by atoms with van der Waals surface area (Å²) in [6, 6.07) is 5.16. The van der Waals surface area contributed by atoms with E-state index in [1.807, 2.05) is 6.07 Å². The van der Waals surface area contributed by atoms with E-state index >= 15 is 0 Å². The van der Waals surface area contributed by atoms with Crippen LogP contribution >= 0.6 is 0 Å². The Bertz CT molecular complexity index is 267. The summed E-state index contributed by atoms with van der Waals surface area (Å²) in [7, 11) is 0. The Kier molecular flexibility index (Phi) is 2.86. The molecule has 0 fully saturated rings. The van der Waals surface area contributed by atoms with E-state index in [2.05, 4.69) is 4.98 Å². The summed E-state index contributed by atoms with van der Waals surface area (Å²) in [6.07, 6.45) is 1.77. The molecule has 0 aliphatic carbocycles. The molecule has 0 unspecified atom stereocenters. The Morgan fingerprint density at radius 1 is 1.45 bits per heavy atom. The Morgan fingerprint density at radius 3 is 2.91 bits per heavy atom. The van der Waals surface area contributed by atoms with Crippen molar-refractivity contribution in [1.29, 1.82) is 0 Å². The molecule has 0 aliphatic heterocycles. The van der Waals surface area contributed by atoms with Gasteiger partial charge in [0.2, 0.25) is 5.56 Å². The lowest BCUT2D eigenvalue weighted by Crippen LogP contribution is -2.08. The predicted octanol–water partition coefficient (Wildman–Crippen LogP) is 0.266. The molecule has 0 atom stereocenters. The smallest absolute Gasteiger partial charge is 0.248 e. The van der Waals surface area contributed by atoms with Gasteiger partial charge in [-0.3, -0.25) is 4.79 Å². The number of nitrogens with two attached hydrogens (primary N) is 1. The van der Waals surface area contributed by atoms with Gasteiger partial charge in [-0.2, -0.15) is 0 Å². The zero-order valence-corrected chi connectivity index (χ0v) is 6.34. The van der Waals surface area contributed by atoms with E-state index < -0.39 is 0 Å². The predicted molar refractivity (Wildman–Crippen MR) is 44.4 cm³/mol.